The molecule has 19 heavy (non-hydrogen) atoms. The lowest BCUT2D eigenvalue weighted by molar-refractivity contribution is 0.303. The quantitative estimate of drug-likeness (QED) is 0.801. The van der Waals surface area contributed by atoms with E-state index in [0.29, 0.717) is 12.5 Å². The number of benzene rings is 1. The van der Waals surface area contributed by atoms with E-state index in [9.17, 15) is 0 Å². The normalized spacial score (nSPS) is 11.1. The van der Waals surface area contributed by atoms with Gasteiger partial charge in [0.2, 0.25) is 0 Å². The minimum Gasteiger partial charge on any atom is -0.486 e. The summed E-state index contributed by atoms with van der Waals surface area (Å²) in [5, 5.41) is 1.05. The number of aryl methyl sites for hydroxylation is 3. The van der Waals surface area contributed by atoms with Crippen LogP contribution >= 0.6 is 11.3 Å². The van der Waals surface area contributed by atoms with Gasteiger partial charge in [-0.15, -0.1) is 11.3 Å². The third-order valence-electron chi connectivity index (χ3n) is 3.30. The van der Waals surface area contributed by atoms with Crippen molar-refractivity contribution in [1.82, 2.24) is 4.98 Å². The molecule has 102 valence electrons. The highest BCUT2D eigenvalue weighted by Crippen LogP contribution is 2.26. The van der Waals surface area contributed by atoms with Gasteiger partial charge in [-0.1, -0.05) is 26.0 Å². The van der Waals surface area contributed by atoms with Crippen LogP contribution in [-0.4, -0.2) is 4.98 Å². The number of ether oxygens (including phenoxy) is 1. The van der Waals surface area contributed by atoms with Gasteiger partial charge in [-0.3, -0.25) is 0 Å². The minimum absolute atomic E-state index is 0.521. The van der Waals surface area contributed by atoms with Crippen molar-refractivity contribution in [2.24, 2.45) is 0 Å². The summed E-state index contributed by atoms with van der Waals surface area (Å²) in [7, 11) is 0. The average molecular weight is 275 g/mol. The molecule has 0 spiro atoms. The van der Waals surface area contributed by atoms with Crippen LogP contribution in [0.1, 0.15) is 46.5 Å². The second-order valence-electron chi connectivity index (χ2n) is 5.22. The predicted molar refractivity (Wildman–Crippen MR) is 81.2 cm³/mol. The standard InChI is InChI=1S/C16H21NOS/c1-10(2)14-7-6-11(3)15(8-14)18-9-16-17-12(4)13(5)19-16/h6-8,10H,9H2,1-5H3. The van der Waals surface area contributed by atoms with Crippen LogP contribution in [0.25, 0.3) is 0 Å². The highest BCUT2D eigenvalue weighted by molar-refractivity contribution is 7.11. The molecule has 1 aromatic heterocycles. The predicted octanol–water partition coefficient (Wildman–Crippen LogP) is 4.77. The topological polar surface area (TPSA) is 22.1 Å². The van der Waals surface area contributed by atoms with E-state index in [-0.39, 0.29) is 0 Å². The van der Waals surface area contributed by atoms with E-state index >= 15 is 0 Å². The zero-order valence-corrected chi connectivity index (χ0v) is 13.1. The summed E-state index contributed by atoms with van der Waals surface area (Å²) in [6.45, 7) is 11.2. The molecule has 0 N–H and O–H groups in total. The molecule has 0 bridgehead atoms. The molecule has 3 heteroatoms. The third-order valence-corrected chi connectivity index (χ3v) is 4.35. The summed E-state index contributed by atoms with van der Waals surface area (Å²) in [5.41, 5.74) is 3.60. The smallest absolute Gasteiger partial charge is 0.140 e. The van der Waals surface area contributed by atoms with Gasteiger partial charge >= 0.3 is 0 Å². The number of hydrogen-bond acceptors (Lipinski definition) is 3. The molecule has 0 unspecified atom stereocenters. The SMILES string of the molecule is Cc1ccc(C(C)C)cc1OCc1nc(C)c(C)s1. The third kappa shape index (κ3) is 3.35. The van der Waals surface area contributed by atoms with Crippen molar-refractivity contribution in [2.45, 2.75) is 47.1 Å². The fraction of sp³-hybridized carbons (Fsp3) is 0.438. The molecule has 0 fully saturated rings. The zero-order valence-electron chi connectivity index (χ0n) is 12.3. The van der Waals surface area contributed by atoms with Gasteiger partial charge in [-0.05, 0) is 43.9 Å². The van der Waals surface area contributed by atoms with E-state index in [1.54, 1.807) is 11.3 Å². The van der Waals surface area contributed by atoms with E-state index in [0.717, 1.165) is 16.5 Å². The maximum Gasteiger partial charge on any atom is 0.140 e. The fourth-order valence-corrected chi connectivity index (χ4v) is 2.72. The van der Waals surface area contributed by atoms with Crippen molar-refractivity contribution in [2.75, 3.05) is 0 Å². The first kappa shape index (κ1) is 14.1. The Hall–Kier alpha value is -1.35. The summed E-state index contributed by atoms with van der Waals surface area (Å²) in [6.07, 6.45) is 0. The number of rotatable bonds is 4. The van der Waals surface area contributed by atoms with E-state index in [1.165, 1.54) is 16.0 Å². The van der Waals surface area contributed by atoms with Crippen molar-refractivity contribution in [1.29, 1.82) is 0 Å². The van der Waals surface area contributed by atoms with Crippen LogP contribution in [0.3, 0.4) is 0 Å². The molecule has 2 nitrogen and oxygen atoms in total. The first-order valence-corrected chi connectivity index (χ1v) is 7.45. The second kappa shape index (κ2) is 5.74. The lowest BCUT2D eigenvalue weighted by atomic mass is 10.0. The molecule has 1 heterocycles. The lowest BCUT2D eigenvalue weighted by Crippen LogP contribution is -1.98. The van der Waals surface area contributed by atoms with Gasteiger partial charge in [0.05, 0.1) is 5.69 Å². The number of aromatic nitrogens is 1. The van der Waals surface area contributed by atoms with Crippen LogP contribution in [0.15, 0.2) is 18.2 Å². The summed E-state index contributed by atoms with van der Waals surface area (Å²) in [6, 6.07) is 6.45. The Labute approximate surface area is 119 Å². The Balaban J connectivity index is 2.12. The Morgan fingerprint density at radius 3 is 2.53 bits per heavy atom. The summed E-state index contributed by atoms with van der Waals surface area (Å²) in [5.74, 6) is 1.49. The molecule has 2 rings (SSSR count). The van der Waals surface area contributed by atoms with Crippen molar-refractivity contribution in [3.05, 3.63) is 44.9 Å². The van der Waals surface area contributed by atoms with Crippen LogP contribution in [-0.2, 0) is 6.61 Å². The molecule has 0 saturated heterocycles. The van der Waals surface area contributed by atoms with E-state index in [2.05, 4.69) is 50.9 Å². The maximum atomic E-state index is 5.93. The molecule has 0 saturated carbocycles. The van der Waals surface area contributed by atoms with Gasteiger partial charge in [-0.25, -0.2) is 4.98 Å². The van der Waals surface area contributed by atoms with Gasteiger partial charge in [0, 0.05) is 4.88 Å². The van der Waals surface area contributed by atoms with Gasteiger partial charge in [0.1, 0.15) is 17.4 Å². The van der Waals surface area contributed by atoms with Crippen LogP contribution in [0.4, 0.5) is 0 Å². The summed E-state index contributed by atoms with van der Waals surface area (Å²) >= 11 is 1.71. The maximum absolute atomic E-state index is 5.93. The number of thiazole rings is 1. The molecule has 0 atom stereocenters. The number of hydrogen-bond donors (Lipinski definition) is 0. The van der Waals surface area contributed by atoms with Crippen molar-refractivity contribution in [3.63, 3.8) is 0 Å². The molecular weight excluding hydrogens is 254 g/mol. The van der Waals surface area contributed by atoms with Crippen LogP contribution in [0.2, 0.25) is 0 Å². The molecule has 0 radical (unpaired) electrons. The van der Waals surface area contributed by atoms with Gasteiger partial charge < -0.3 is 4.74 Å². The van der Waals surface area contributed by atoms with Crippen molar-refractivity contribution in [3.8, 4) is 5.75 Å². The lowest BCUT2D eigenvalue weighted by Gasteiger charge is -2.12. The second-order valence-corrected chi connectivity index (χ2v) is 6.51. The first-order valence-electron chi connectivity index (χ1n) is 6.63. The van der Waals surface area contributed by atoms with Crippen molar-refractivity contribution >= 4 is 11.3 Å². The van der Waals surface area contributed by atoms with Crippen LogP contribution in [0.5, 0.6) is 5.75 Å². The van der Waals surface area contributed by atoms with E-state index in [1.807, 2.05) is 6.92 Å². The Bertz CT molecular complexity index is 553. The molecule has 0 aliphatic heterocycles. The van der Waals surface area contributed by atoms with E-state index < -0.39 is 0 Å². The number of nitrogens with zero attached hydrogens (tertiary/aromatic N) is 1. The fourth-order valence-electron chi connectivity index (χ4n) is 1.87. The molecule has 0 aliphatic rings. The Kier molecular flexibility index (Phi) is 4.25. The molecule has 0 aliphatic carbocycles. The van der Waals surface area contributed by atoms with Crippen LogP contribution in [0, 0.1) is 20.8 Å². The van der Waals surface area contributed by atoms with Crippen LogP contribution < -0.4 is 4.74 Å². The minimum atomic E-state index is 0.521. The van der Waals surface area contributed by atoms with Gasteiger partial charge in [0.25, 0.3) is 0 Å². The summed E-state index contributed by atoms with van der Waals surface area (Å²) < 4.78 is 5.93. The highest BCUT2D eigenvalue weighted by atomic mass is 32.1. The molecule has 1 aromatic carbocycles. The first-order chi connectivity index (χ1) is 8.97. The average Bonchev–Trinajstić information content (AvgIpc) is 2.67. The molecule has 2 aromatic rings. The Morgan fingerprint density at radius 1 is 1.21 bits per heavy atom. The monoisotopic (exact) mass is 275 g/mol. The summed E-state index contributed by atoms with van der Waals surface area (Å²) in [4.78, 5) is 5.78. The largest absolute Gasteiger partial charge is 0.486 e. The van der Waals surface area contributed by atoms with Gasteiger partial charge in [-0.2, -0.15) is 0 Å². The van der Waals surface area contributed by atoms with E-state index in [4.69, 9.17) is 4.74 Å². The highest BCUT2D eigenvalue weighted by Gasteiger charge is 2.07. The van der Waals surface area contributed by atoms with Crippen molar-refractivity contribution < 1.29 is 4.74 Å². The zero-order chi connectivity index (χ0) is 14.0. The molecule has 0 amide bonds. The molecular formula is C16H21NOS. The Morgan fingerprint density at radius 2 is 1.95 bits per heavy atom. The van der Waals surface area contributed by atoms with Gasteiger partial charge in [0.15, 0.2) is 0 Å².